The van der Waals surface area contributed by atoms with Crippen LogP contribution in [0.25, 0.3) is 0 Å². The highest BCUT2D eigenvalue weighted by molar-refractivity contribution is 5.82. The Hall–Kier alpha value is -1.39. The summed E-state index contributed by atoms with van der Waals surface area (Å²) in [4.78, 5) is 15.1. The van der Waals surface area contributed by atoms with Gasteiger partial charge >= 0.3 is 0 Å². The van der Waals surface area contributed by atoms with Crippen molar-refractivity contribution >= 4 is 5.91 Å². The lowest BCUT2D eigenvalue weighted by Crippen LogP contribution is -2.39. The number of aryl methyl sites for hydroxylation is 1. The fourth-order valence-electron chi connectivity index (χ4n) is 5.74. The second kappa shape index (κ2) is 6.40. The summed E-state index contributed by atoms with van der Waals surface area (Å²) in [5.74, 6) is 5.18. The van der Waals surface area contributed by atoms with Crippen molar-refractivity contribution in [3.8, 4) is 0 Å². The van der Waals surface area contributed by atoms with Crippen LogP contribution in [-0.4, -0.2) is 38.7 Å². The maximum atomic E-state index is 12.9. The Morgan fingerprint density at radius 2 is 1.60 bits per heavy atom. The molecule has 25 heavy (non-hydrogen) atoms. The third-order valence-electron chi connectivity index (χ3n) is 7.25. The minimum absolute atomic E-state index is 0.378. The monoisotopic (exact) mass is 342 g/mol. The van der Waals surface area contributed by atoms with Crippen molar-refractivity contribution in [1.82, 2.24) is 19.7 Å². The van der Waals surface area contributed by atoms with Gasteiger partial charge in [-0.15, -0.1) is 10.2 Å². The molecule has 2 aliphatic heterocycles. The van der Waals surface area contributed by atoms with Crippen molar-refractivity contribution in [1.29, 1.82) is 0 Å². The fraction of sp³-hybridized carbons (Fsp3) is 0.850. The van der Waals surface area contributed by atoms with Gasteiger partial charge in [-0.05, 0) is 50.4 Å². The van der Waals surface area contributed by atoms with Gasteiger partial charge in [-0.25, -0.2) is 0 Å². The summed E-state index contributed by atoms with van der Waals surface area (Å²) in [7, 11) is 0. The van der Waals surface area contributed by atoms with Crippen LogP contribution in [-0.2, 0) is 17.8 Å². The molecule has 0 spiro atoms. The van der Waals surface area contributed by atoms with Crippen LogP contribution in [0.5, 0.6) is 0 Å². The van der Waals surface area contributed by atoms with E-state index in [0.29, 0.717) is 17.7 Å². The van der Waals surface area contributed by atoms with Gasteiger partial charge in [0.05, 0.1) is 0 Å². The molecule has 3 fully saturated rings. The molecule has 0 radical (unpaired) electrons. The van der Waals surface area contributed by atoms with Crippen molar-refractivity contribution in [2.24, 2.45) is 17.8 Å². The molecule has 1 amide bonds. The number of carbonyl (C=O) groups excluding carboxylic acids is 1. The molecule has 1 aromatic rings. The van der Waals surface area contributed by atoms with Crippen molar-refractivity contribution in [3.63, 3.8) is 0 Å². The molecule has 0 aromatic carbocycles. The quantitative estimate of drug-likeness (QED) is 0.829. The van der Waals surface area contributed by atoms with E-state index in [-0.39, 0.29) is 0 Å². The number of aromatic nitrogens is 3. The Labute approximate surface area is 150 Å². The molecule has 3 heterocycles. The second-order valence-electron chi connectivity index (χ2n) is 8.67. The van der Waals surface area contributed by atoms with Crippen LogP contribution in [0.2, 0.25) is 0 Å². The largest absolute Gasteiger partial charge is 0.342 e. The van der Waals surface area contributed by atoms with Crippen LogP contribution in [0.1, 0.15) is 75.4 Å². The highest BCUT2D eigenvalue weighted by Crippen LogP contribution is 2.56. The highest BCUT2D eigenvalue weighted by atomic mass is 16.2. The number of hydrogen-bond donors (Lipinski definition) is 0. The number of fused-ring (bicyclic) bond motifs is 2. The van der Waals surface area contributed by atoms with E-state index in [2.05, 4.69) is 19.7 Å². The number of nitrogens with zero attached hydrogens (tertiary/aromatic N) is 4. The fourth-order valence-corrected chi connectivity index (χ4v) is 5.74. The number of rotatable bonds is 2. The van der Waals surface area contributed by atoms with Crippen LogP contribution >= 0.6 is 0 Å². The van der Waals surface area contributed by atoms with Gasteiger partial charge in [0, 0.05) is 37.9 Å². The van der Waals surface area contributed by atoms with Gasteiger partial charge in [0.25, 0.3) is 0 Å². The number of amides is 1. The molecule has 4 aliphatic rings. The van der Waals surface area contributed by atoms with Gasteiger partial charge in [0.15, 0.2) is 0 Å². The van der Waals surface area contributed by atoms with Crippen molar-refractivity contribution in [2.45, 2.75) is 76.7 Å². The van der Waals surface area contributed by atoms with Gasteiger partial charge in [-0.2, -0.15) is 0 Å². The highest BCUT2D eigenvalue weighted by Gasteiger charge is 2.55. The van der Waals surface area contributed by atoms with E-state index in [1.165, 1.54) is 56.6 Å². The summed E-state index contributed by atoms with van der Waals surface area (Å²) in [6.45, 7) is 2.92. The van der Waals surface area contributed by atoms with Gasteiger partial charge in [-0.1, -0.05) is 19.3 Å². The molecule has 0 unspecified atom stereocenters. The lowest BCUT2D eigenvalue weighted by molar-refractivity contribution is -0.134. The molecule has 2 saturated carbocycles. The molecular formula is C20H30N4O. The minimum Gasteiger partial charge on any atom is -0.342 e. The molecule has 5 nitrogen and oxygen atoms in total. The van der Waals surface area contributed by atoms with Gasteiger partial charge < -0.3 is 9.47 Å². The molecule has 5 heteroatoms. The van der Waals surface area contributed by atoms with Crippen molar-refractivity contribution < 1.29 is 4.79 Å². The van der Waals surface area contributed by atoms with E-state index in [1.807, 2.05) is 0 Å². The molecular weight excluding hydrogens is 312 g/mol. The Morgan fingerprint density at radius 1 is 0.840 bits per heavy atom. The Balaban J connectivity index is 1.22. The summed E-state index contributed by atoms with van der Waals surface area (Å²) in [5.41, 5.74) is 0. The predicted octanol–water partition coefficient (Wildman–Crippen LogP) is 3.15. The standard InChI is InChI=1S/C20H30N4O/c25-20(18-15-6-3-4-7-16(15)18)23-12-9-14(10-13-23)19-22-21-17-8-2-1-5-11-24(17)19/h14-16,18H,1-13H2/t15-,16-/m0/s1. The first-order chi connectivity index (χ1) is 12.3. The van der Waals surface area contributed by atoms with Crippen LogP contribution in [0, 0.1) is 17.8 Å². The molecule has 1 aromatic heterocycles. The topological polar surface area (TPSA) is 51.0 Å². The average Bonchev–Trinajstić information content (AvgIpc) is 3.33. The zero-order chi connectivity index (χ0) is 16.8. The van der Waals surface area contributed by atoms with E-state index < -0.39 is 0 Å². The molecule has 0 N–H and O–H groups in total. The Morgan fingerprint density at radius 3 is 2.36 bits per heavy atom. The third kappa shape index (κ3) is 2.80. The number of hydrogen-bond acceptors (Lipinski definition) is 3. The van der Waals surface area contributed by atoms with Crippen LogP contribution < -0.4 is 0 Å². The first-order valence-electron chi connectivity index (χ1n) is 10.5. The number of piperidine rings is 1. The third-order valence-corrected chi connectivity index (χ3v) is 7.25. The SMILES string of the molecule is O=C(C1[C@H]2CCCC[C@H]12)N1CCC(c2nnc3n2CCCCC3)CC1. The minimum atomic E-state index is 0.378. The second-order valence-corrected chi connectivity index (χ2v) is 8.67. The lowest BCUT2D eigenvalue weighted by Gasteiger charge is -2.32. The molecule has 2 aliphatic carbocycles. The maximum absolute atomic E-state index is 12.9. The smallest absolute Gasteiger partial charge is 0.226 e. The summed E-state index contributed by atoms with van der Waals surface area (Å²) in [5, 5.41) is 9.01. The number of likely N-dealkylation sites (tertiary alicyclic amines) is 1. The molecule has 0 bridgehead atoms. The van der Waals surface area contributed by atoms with E-state index in [4.69, 9.17) is 0 Å². The molecule has 5 rings (SSSR count). The lowest BCUT2D eigenvalue weighted by atomic mass is 9.95. The van der Waals surface area contributed by atoms with E-state index >= 15 is 0 Å². The predicted molar refractivity (Wildman–Crippen MR) is 95.1 cm³/mol. The summed E-state index contributed by atoms with van der Waals surface area (Å²) in [6, 6.07) is 0. The number of carbonyl (C=O) groups is 1. The van der Waals surface area contributed by atoms with E-state index in [9.17, 15) is 4.79 Å². The van der Waals surface area contributed by atoms with Gasteiger partial charge in [0.1, 0.15) is 11.6 Å². The van der Waals surface area contributed by atoms with Gasteiger partial charge in [0.2, 0.25) is 5.91 Å². The first-order valence-corrected chi connectivity index (χ1v) is 10.5. The van der Waals surface area contributed by atoms with Crippen molar-refractivity contribution in [3.05, 3.63) is 11.6 Å². The first kappa shape index (κ1) is 15.8. The zero-order valence-corrected chi connectivity index (χ0v) is 15.2. The molecule has 136 valence electrons. The van der Waals surface area contributed by atoms with Crippen LogP contribution in [0.15, 0.2) is 0 Å². The van der Waals surface area contributed by atoms with E-state index in [1.54, 1.807) is 0 Å². The normalized spacial score (nSPS) is 32.6. The molecule has 2 atom stereocenters. The Kier molecular flexibility index (Phi) is 4.05. The summed E-state index contributed by atoms with van der Waals surface area (Å²) < 4.78 is 2.39. The van der Waals surface area contributed by atoms with Crippen LogP contribution in [0.4, 0.5) is 0 Å². The van der Waals surface area contributed by atoms with Gasteiger partial charge in [-0.3, -0.25) is 4.79 Å². The Bertz CT molecular complexity index is 634. The maximum Gasteiger partial charge on any atom is 0.226 e. The van der Waals surface area contributed by atoms with E-state index in [0.717, 1.165) is 50.7 Å². The van der Waals surface area contributed by atoms with Crippen LogP contribution in [0.3, 0.4) is 0 Å². The average molecular weight is 342 g/mol. The zero-order valence-electron chi connectivity index (χ0n) is 15.2. The van der Waals surface area contributed by atoms with Crippen molar-refractivity contribution in [2.75, 3.05) is 13.1 Å². The summed E-state index contributed by atoms with van der Waals surface area (Å²) >= 11 is 0. The summed E-state index contributed by atoms with van der Waals surface area (Å²) in [6.07, 6.45) is 12.3. The molecule has 1 saturated heterocycles.